The van der Waals surface area contributed by atoms with E-state index in [-0.39, 0.29) is 30.0 Å². The molecule has 0 radical (unpaired) electrons. The monoisotopic (exact) mass is 514 g/mol. The second-order valence-electron chi connectivity index (χ2n) is 9.41. The Morgan fingerprint density at radius 3 is 2.58 bits per heavy atom. The summed E-state index contributed by atoms with van der Waals surface area (Å²) < 4.78 is 67.0. The van der Waals surface area contributed by atoms with E-state index in [0.29, 0.717) is 12.5 Å². The summed E-state index contributed by atoms with van der Waals surface area (Å²) in [6.45, 7) is 9.57. The van der Waals surface area contributed by atoms with Crippen molar-refractivity contribution in [3.63, 3.8) is 0 Å². The highest BCUT2D eigenvalue weighted by molar-refractivity contribution is 5.89. The number of anilines is 2. The average molecular weight is 515 g/mol. The zero-order valence-electron chi connectivity index (χ0n) is 20.7. The number of ether oxygens (including phenoxy) is 3. The van der Waals surface area contributed by atoms with Gasteiger partial charge in [-0.3, -0.25) is 4.90 Å². The van der Waals surface area contributed by atoms with Crippen LogP contribution in [0.1, 0.15) is 59.1 Å². The first kappa shape index (κ1) is 27.4. The molecule has 0 bridgehead atoms. The summed E-state index contributed by atoms with van der Waals surface area (Å²) >= 11 is 0. The first-order chi connectivity index (χ1) is 16.8. The van der Waals surface area contributed by atoms with Crippen LogP contribution in [0.25, 0.3) is 0 Å². The summed E-state index contributed by atoms with van der Waals surface area (Å²) in [6, 6.07) is 3.31. The number of hydrogen-bond donors (Lipinski definition) is 1. The number of hydrogen-bond acceptors (Lipinski definition) is 7. The fourth-order valence-electron chi connectivity index (χ4n) is 3.92. The Labute approximate surface area is 207 Å². The van der Waals surface area contributed by atoms with Crippen LogP contribution in [0.4, 0.5) is 34.1 Å². The number of halogens is 4. The maximum Gasteiger partial charge on any atom is 0.573 e. The molecule has 2 aromatic rings. The molecule has 1 saturated heterocycles. The van der Waals surface area contributed by atoms with E-state index in [1.165, 1.54) is 17.2 Å². The highest BCUT2D eigenvalue weighted by Gasteiger charge is 2.42. The van der Waals surface area contributed by atoms with Gasteiger partial charge >= 0.3 is 12.5 Å². The van der Waals surface area contributed by atoms with Gasteiger partial charge < -0.3 is 19.5 Å². The van der Waals surface area contributed by atoms with Gasteiger partial charge in [0.25, 0.3) is 0 Å². The first-order valence-corrected chi connectivity index (χ1v) is 11.6. The van der Waals surface area contributed by atoms with Crippen molar-refractivity contribution in [1.29, 1.82) is 0 Å². The van der Waals surface area contributed by atoms with E-state index in [0.717, 1.165) is 12.5 Å². The molecule has 1 amide bonds. The third-order valence-electron chi connectivity index (χ3n) is 5.32. The molecule has 3 atom stereocenters. The van der Waals surface area contributed by atoms with Gasteiger partial charge in [-0.05, 0) is 46.2 Å². The van der Waals surface area contributed by atoms with E-state index in [1.807, 2.05) is 27.7 Å². The molecule has 2 heterocycles. The standard InChI is InChI=1S/C24H30F4N4O4/c1-6-7-19(36-23(3,4)5)18-13-34-22(33)32(18)20-10-11-29-21(31-20)30-14(2)16-9-8-15(12-17(16)25)35-24(26,27)28/h8-12,14,18-19H,6-7,13H2,1-5H3,(H,29,30,31)/t14-,18+,19+/m0/s1. The summed E-state index contributed by atoms with van der Waals surface area (Å²) in [7, 11) is 0. The van der Waals surface area contributed by atoms with Gasteiger partial charge in [-0.15, -0.1) is 13.2 Å². The topological polar surface area (TPSA) is 85.8 Å². The molecular formula is C24H30F4N4O4. The van der Waals surface area contributed by atoms with E-state index in [1.54, 1.807) is 13.0 Å². The number of benzene rings is 1. The lowest BCUT2D eigenvalue weighted by Crippen LogP contribution is -2.46. The Hall–Kier alpha value is -3.15. The van der Waals surface area contributed by atoms with Gasteiger partial charge in [-0.25, -0.2) is 14.2 Å². The maximum atomic E-state index is 14.5. The van der Waals surface area contributed by atoms with E-state index in [4.69, 9.17) is 9.47 Å². The number of aromatic nitrogens is 2. The number of nitrogens with one attached hydrogen (secondary N) is 1. The summed E-state index contributed by atoms with van der Waals surface area (Å²) in [5, 5.41) is 2.92. The van der Waals surface area contributed by atoms with Gasteiger partial charge in [0, 0.05) is 17.8 Å². The van der Waals surface area contributed by atoms with Crippen molar-refractivity contribution in [1.82, 2.24) is 9.97 Å². The van der Waals surface area contributed by atoms with Gasteiger partial charge in [0.1, 0.15) is 30.0 Å². The number of cyclic esters (lactones) is 1. The molecule has 1 aliphatic rings. The third kappa shape index (κ3) is 7.19. The minimum atomic E-state index is -4.92. The van der Waals surface area contributed by atoms with E-state index in [9.17, 15) is 22.4 Å². The van der Waals surface area contributed by atoms with Crippen LogP contribution >= 0.6 is 0 Å². The molecular weight excluding hydrogens is 484 g/mol. The Kier molecular flexibility index (Phi) is 8.27. The Morgan fingerprint density at radius 2 is 1.97 bits per heavy atom. The van der Waals surface area contributed by atoms with Crippen molar-refractivity contribution in [2.75, 3.05) is 16.8 Å². The molecule has 3 rings (SSSR count). The number of nitrogens with zero attached hydrogens (tertiary/aromatic N) is 3. The van der Waals surface area contributed by atoms with E-state index < -0.39 is 41.7 Å². The van der Waals surface area contributed by atoms with Crippen molar-refractivity contribution < 1.29 is 36.6 Å². The van der Waals surface area contributed by atoms with Crippen LogP contribution in [0.5, 0.6) is 5.75 Å². The molecule has 0 aliphatic carbocycles. The molecule has 1 aromatic carbocycles. The number of amides is 1. The Morgan fingerprint density at radius 1 is 1.25 bits per heavy atom. The molecule has 8 nitrogen and oxygen atoms in total. The molecule has 0 unspecified atom stereocenters. The lowest BCUT2D eigenvalue weighted by Gasteiger charge is -2.33. The highest BCUT2D eigenvalue weighted by Crippen LogP contribution is 2.31. The Bertz CT molecular complexity index is 1060. The zero-order valence-corrected chi connectivity index (χ0v) is 20.7. The molecule has 1 fully saturated rings. The molecule has 0 spiro atoms. The summed E-state index contributed by atoms with van der Waals surface area (Å²) in [5.41, 5.74) is -0.353. The summed E-state index contributed by atoms with van der Waals surface area (Å²) in [6.07, 6.45) is -2.80. The van der Waals surface area contributed by atoms with Crippen LogP contribution in [0.3, 0.4) is 0 Å². The van der Waals surface area contributed by atoms with Crippen molar-refractivity contribution in [2.45, 2.75) is 77.6 Å². The van der Waals surface area contributed by atoms with Gasteiger partial charge in [0.15, 0.2) is 0 Å². The highest BCUT2D eigenvalue weighted by atomic mass is 19.4. The SMILES string of the molecule is CCC[C@@H](OC(C)(C)C)[C@H]1COC(=O)N1c1ccnc(N[C@@H](C)c2ccc(OC(F)(F)F)cc2F)n1. The van der Waals surface area contributed by atoms with Gasteiger partial charge in [0.2, 0.25) is 5.95 Å². The number of rotatable bonds is 9. The molecule has 1 aromatic heterocycles. The molecule has 0 saturated carbocycles. The van der Waals surface area contributed by atoms with Crippen molar-refractivity contribution in [2.24, 2.45) is 0 Å². The van der Waals surface area contributed by atoms with Crippen LogP contribution in [0, 0.1) is 5.82 Å². The lowest BCUT2D eigenvalue weighted by molar-refractivity contribution is -0.274. The fourth-order valence-corrected chi connectivity index (χ4v) is 3.92. The van der Waals surface area contributed by atoms with Crippen LogP contribution < -0.4 is 15.0 Å². The van der Waals surface area contributed by atoms with Crippen LogP contribution in [0.2, 0.25) is 0 Å². The van der Waals surface area contributed by atoms with Crippen LogP contribution in [-0.2, 0) is 9.47 Å². The normalized spacial score (nSPS) is 18.1. The van der Waals surface area contributed by atoms with Crippen molar-refractivity contribution >= 4 is 17.9 Å². The molecule has 12 heteroatoms. The summed E-state index contributed by atoms with van der Waals surface area (Å²) in [4.78, 5) is 22.6. The summed E-state index contributed by atoms with van der Waals surface area (Å²) in [5.74, 6) is -1.18. The second kappa shape index (κ2) is 10.9. The molecule has 198 valence electrons. The fraction of sp³-hybridized carbons (Fsp3) is 0.542. The number of alkyl halides is 3. The van der Waals surface area contributed by atoms with Gasteiger partial charge in [-0.1, -0.05) is 19.4 Å². The van der Waals surface area contributed by atoms with Crippen molar-refractivity contribution in [3.8, 4) is 5.75 Å². The minimum absolute atomic E-state index is 0.0820. The largest absolute Gasteiger partial charge is 0.573 e. The van der Waals surface area contributed by atoms with Crippen molar-refractivity contribution in [3.05, 3.63) is 41.8 Å². The lowest BCUT2D eigenvalue weighted by atomic mass is 10.0. The van der Waals surface area contributed by atoms with E-state index in [2.05, 4.69) is 20.0 Å². The molecule has 1 aliphatic heterocycles. The van der Waals surface area contributed by atoms with E-state index >= 15 is 0 Å². The molecule has 36 heavy (non-hydrogen) atoms. The quantitative estimate of drug-likeness (QED) is 0.411. The molecule has 1 N–H and O–H groups in total. The first-order valence-electron chi connectivity index (χ1n) is 11.6. The third-order valence-corrected chi connectivity index (χ3v) is 5.32. The number of carbonyl (C=O) groups is 1. The average Bonchev–Trinajstić information content (AvgIpc) is 3.13. The zero-order chi connectivity index (χ0) is 26.7. The van der Waals surface area contributed by atoms with Crippen LogP contribution in [0.15, 0.2) is 30.5 Å². The second-order valence-corrected chi connectivity index (χ2v) is 9.41. The van der Waals surface area contributed by atoms with Crippen LogP contribution in [-0.4, -0.2) is 46.8 Å². The smallest absolute Gasteiger partial charge is 0.447 e. The van der Waals surface area contributed by atoms with Gasteiger partial charge in [0.05, 0.1) is 17.7 Å². The minimum Gasteiger partial charge on any atom is -0.447 e. The Balaban J connectivity index is 1.80. The maximum absolute atomic E-state index is 14.5. The number of carbonyl (C=O) groups excluding carboxylic acids is 1. The van der Waals surface area contributed by atoms with Gasteiger partial charge in [-0.2, -0.15) is 4.98 Å². The predicted octanol–water partition coefficient (Wildman–Crippen LogP) is 6.00. The predicted molar refractivity (Wildman–Crippen MR) is 124 cm³/mol.